The predicted octanol–water partition coefficient (Wildman–Crippen LogP) is 2.75. The first-order valence-electron chi connectivity index (χ1n) is 9.09. The van der Waals surface area contributed by atoms with E-state index in [4.69, 9.17) is 9.47 Å². The van der Waals surface area contributed by atoms with Crippen LogP contribution < -0.4 is 0 Å². The molecule has 8 heteroatoms. The number of hydrogen-bond acceptors (Lipinski definition) is 6. The molecule has 1 aliphatic rings. The molecule has 1 heterocycles. The summed E-state index contributed by atoms with van der Waals surface area (Å²) in [6.07, 6.45) is 1.63. The molecule has 1 saturated heterocycles. The van der Waals surface area contributed by atoms with Gasteiger partial charge in [0.25, 0.3) is 11.6 Å². The minimum Gasteiger partial charge on any atom is -0.444 e. The number of nitro benzene ring substituents is 1. The summed E-state index contributed by atoms with van der Waals surface area (Å²) in [5.74, 6) is -0.976. The molecule has 0 N–H and O–H groups in total. The molecule has 150 valence electrons. The molecule has 0 saturated carbocycles. The third-order valence-corrected chi connectivity index (χ3v) is 4.40. The van der Waals surface area contributed by atoms with Gasteiger partial charge in [-0.1, -0.05) is 30.3 Å². The molecule has 0 bridgehead atoms. The maximum Gasteiger partial charge on any atom is 0.331 e. The van der Waals surface area contributed by atoms with Crippen LogP contribution in [0, 0.1) is 10.1 Å². The van der Waals surface area contributed by atoms with E-state index in [0.29, 0.717) is 37.4 Å². The normalized spacial score (nSPS) is 15.1. The summed E-state index contributed by atoms with van der Waals surface area (Å²) in [6.45, 7) is 1.78. The molecule has 3 rings (SSSR count). The van der Waals surface area contributed by atoms with Gasteiger partial charge in [0, 0.05) is 36.9 Å². The molecule has 1 atom stereocenters. The minimum absolute atomic E-state index is 0.0371. The van der Waals surface area contributed by atoms with Crippen LogP contribution in [0.5, 0.6) is 0 Å². The lowest BCUT2D eigenvalue weighted by Crippen LogP contribution is -2.44. The van der Waals surface area contributed by atoms with E-state index in [1.165, 1.54) is 36.4 Å². The van der Waals surface area contributed by atoms with Crippen molar-refractivity contribution in [3.05, 3.63) is 81.9 Å². The van der Waals surface area contributed by atoms with Gasteiger partial charge in [-0.15, -0.1) is 0 Å². The number of hydrogen-bond donors (Lipinski definition) is 0. The second-order valence-corrected chi connectivity index (χ2v) is 6.35. The maximum absolute atomic E-state index is 12.9. The molecule has 0 aliphatic carbocycles. The van der Waals surface area contributed by atoms with Crippen molar-refractivity contribution in [2.45, 2.75) is 6.10 Å². The molecule has 0 aromatic heterocycles. The molecular weight excluding hydrogens is 376 g/mol. The summed E-state index contributed by atoms with van der Waals surface area (Å²) in [5, 5.41) is 10.7. The molecule has 1 amide bonds. The largest absolute Gasteiger partial charge is 0.444 e. The fourth-order valence-electron chi connectivity index (χ4n) is 2.87. The molecular formula is C21H20N2O6. The fraction of sp³-hybridized carbons (Fsp3) is 0.238. The number of non-ortho nitro benzene ring substituents is 1. The zero-order chi connectivity index (χ0) is 20.6. The second kappa shape index (κ2) is 9.61. The number of carbonyl (C=O) groups is 2. The number of ether oxygens (including phenoxy) is 2. The van der Waals surface area contributed by atoms with Crippen molar-refractivity contribution < 1.29 is 24.0 Å². The van der Waals surface area contributed by atoms with Crippen molar-refractivity contribution in [1.29, 1.82) is 0 Å². The molecule has 0 spiro atoms. The van der Waals surface area contributed by atoms with E-state index >= 15 is 0 Å². The molecule has 8 nitrogen and oxygen atoms in total. The Kier molecular flexibility index (Phi) is 6.70. The van der Waals surface area contributed by atoms with E-state index in [1.807, 2.05) is 6.07 Å². The first kappa shape index (κ1) is 20.2. The van der Waals surface area contributed by atoms with Gasteiger partial charge in [0.15, 0.2) is 0 Å². The van der Waals surface area contributed by atoms with E-state index < -0.39 is 17.0 Å². The Labute approximate surface area is 167 Å². The lowest BCUT2D eigenvalue weighted by atomic mass is 10.1. The van der Waals surface area contributed by atoms with Crippen LogP contribution in [0.2, 0.25) is 0 Å². The summed E-state index contributed by atoms with van der Waals surface area (Å²) >= 11 is 0. The Hall–Kier alpha value is -3.52. The van der Waals surface area contributed by atoms with Gasteiger partial charge in [-0.25, -0.2) is 4.79 Å². The molecule has 1 fully saturated rings. The van der Waals surface area contributed by atoms with Crippen LogP contribution >= 0.6 is 0 Å². The Balaban J connectivity index is 1.72. The van der Waals surface area contributed by atoms with Crippen LogP contribution in [0.3, 0.4) is 0 Å². The van der Waals surface area contributed by atoms with Crippen molar-refractivity contribution in [3.63, 3.8) is 0 Å². The number of rotatable bonds is 6. The highest BCUT2D eigenvalue weighted by atomic mass is 16.6. The first-order valence-corrected chi connectivity index (χ1v) is 9.09. The molecule has 0 unspecified atom stereocenters. The topological polar surface area (TPSA) is 99.0 Å². The van der Waals surface area contributed by atoms with Crippen molar-refractivity contribution in [2.75, 3.05) is 26.3 Å². The standard InChI is InChI=1S/C21H20N2O6/c24-19(11-8-16-6-9-18(10-7-16)23(26)27)29-20(17-4-2-1-3-5-17)21(25)22-12-14-28-15-13-22/h1-11,20H,12-15H2/b11-8+/t20-/m1/s1. The lowest BCUT2D eigenvalue weighted by Gasteiger charge is -2.30. The SMILES string of the molecule is O=C(/C=C/c1ccc([N+](=O)[O-])cc1)O[C@@H](C(=O)N1CCOCC1)c1ccccc1. The van der Waals surface area contributed by atoms with Crippen molar-refractivity contribution in [2.24, 2.45) is 0 Å². The number of morpholine rings is 1. The van der Waals surface area contributed by atoms with Gasteiger partial charge in [0.2, 0.25) is 6.10 Å². The van der Waals surface area contributed by atoms with Crippen molar-refractivity contribution in [3.8, 4) is 0 Å². The van der Waals surface area contributed by atoms with Gasteiger partial charge in [-0.2, -0.15) is 0 Å². The highest BCUT2D eigenvalue weighted by Crippen LogP contribution is 2.22. The fourth-order valence-corrected chi connectivity index (χ4v) is 2.87. The molecule has 2 aromatic carbocycles. The van der Waals surface area contributed by atoms with Crippen LogP contribution in [0.25, 0.3) is 6.08 Å². The third kappa shape index (κ3) is 5.49. The molecule has 2 aromatic rings. The predicted molar refractivity (Wildman–Crippen MR) is 105 cm³/mol. The molecule has 0 radical (unpaired) electrons. The maximum atomic E-state index is 12.9. The second-order valence-electron chi connectivity index (χ2n) is 6.35. The zero-order valence-electron chi connectivity index (χ0n) is 15.6. The number of esters is 1. The number of nitro groups is 1. The Morgan fingerprint density at radius 3 is 2.34 bits per heavy atom. The summed E-state index contributed by atoms with van der Waals surface area (Å²) < 4.78 is 10.7. The van der Waals surface area contributed by atoms with Crippen molar-refractivity contribution in [1.82, 2.24) is 4.90 Å². The Morgan fingerprint density at radius 1 is 1.07 bits per heavy atom. The number of amides is 1. The van der Waals surface area contributed by atoms with Gasteiger partial charge in [-0.05, 0) is 23.8 Å². The van der Waals surface area contributed by atoms with Gasteiger partial charge in [0.05, 0.1) is 18.1 Å². The molecule has 1 aliphatic heterocycles. The van der Waals surface area contributed by atoms with E-state index in [1.54, 1.807) is 29.2 Å². The average molecular weight is 396 g/mol. The number of nitrogens with zero attached hydrogens (tertiary/aromatic N) is 2. The van der Waals surface area contributed by atoms with Crippen LogP contribution in [0.15, 0.2) is 60.7 Å². The Morgan fingerprint density at radius 2 is 1.72 bits per heavy atom. The van der Waals surface area contributed by atoms with E-state index in [2.05, 4.69) is 0 Å². The molecule has 29 heavy (non-hydrogen) atoms. The minimum atomic E-state index is -1.05. The number of benzene rings is 2. The van der Waals surface area contributed by atoms with Gasteiger partial charge < -0.3 is 14.4 Å². The summed E-state index contributed by atoms with van der Waals surface area (Å²) in [4.78, 5) is 37.1. The summed E-state index contributed by atoms with van der Waals surface area (Å²) in [6, 6.07) is 14.6. The quantitative estimate of drug-likeness (QED) is 0.322. The smallest absolute Gasteiger partial charge is 0.331 e. The van der Waals surface area contributed by atoms with Crippen LogP contribution in [0.4, 0.5) is 5.69 Å². The van der Waals surface area contributed by atoms with E-state index in [0.717, 1.165) is 0 Å². The van der Waals surface area contributed by atoms with Crippen molar-refractivity contribution >= 4 is 23.6 Å². The van der Waals surface area contributed by atoms with Gasteiger partial charge >= 0.3 is 5.97 Å². The summed E-state index contributed by atoms with van der Waals surface area (Å²) in [7, 11) is 0. The van der Waals surface area contributed by atoms with Crippen LogP contribution in [0.1, 0.15) is 17.2 Å². The van der Waals surface area contributed by atoms with E-state index in [-0.39, 0.29) is 11.6 Å². The van der Waals surface area contributed by atoms with E-state index in [9.17, 15) is 19.7 Å². The average Bonchev–Trinajstić information content (AvgIpc) is 2.77. The van der Waals surface area contributed by atoms with Gasteiger partial charge in [-0.3, -0.25) is 14.9 Å². The van der Waals surface area contributed by atoms with Crippen LogP contribution in [-0.4, -0.2) is 48.0 Å². The van der Waals surface area contributed by atoms with Crippen LogP contribution in [-0.2, 0) is 19.1 Å². The van der Waals surface area contributed by atoms with Gasteiger partial charge in [0.1, 0.15) is 0 Å². The highest BCUT2D eigenvalue weighted by Gasteiger charge is 2.29. The number of carbonyl (C=O) groups excluding carboxylic acids is 2. The summed E-state index contributed by atoms with van der Waals surface area (Å²) in [5.41, 5.74) is 1.15. The Bertz CT molecular complexity index is 889. The monoisotopic (exact) mass is 396 g/mol. The first-order chi connectivity index (χ1) is 14.0. The third-order valence-electron chi connectivity index (χ3n) is 4.40. The lowest BCUT2D eigenvalue weighted by molar-refractivity contribution is -0.384. The zero-order valence-corrected chi connectivity index (χ0v) is 15.6. The highest BCUT2D eigenvalue weighted by molar-refractivity contribution is 5.91.